The van der Waals surface area contributed by atoms with Crippen LogP contribution >= 0.6 is 35.3 Å². The number of rotatable bonds is 3. The number of halogens is 1. The summed E-state index contributed by atoms with van der Waals surface area (Å²) < 4.78 is 0. The van der Waals surface area contributed by atoms with Gasteiger partial charge in [-0.1, -0.05) is 20.8 Å². The molecule has 0 aliphatic carbocycles. The average Bonchev–Trinajstić information content (AvgIpc) is 2.73. The third kappa shape index (κ3) is 5.51. The molecule has 0 unspecified atom stereocenters. The molecule has 0 radical (unpaired) electrons. The fraction of sp³-hybridized carbons (Fsp3) is 0.667. The molecule has 4 nitrogen and oxygen atoms in total. The molecule has 1 heterocycles. The zero-order chi connectivity index (χ0) is 12.9. The predicted molar refractivity (Wildman–Crippen MR) is 90.4 cm³/mol. The highest BCUT2D eigenvalue weighted by atomic mass is 127. The molecule has 0 bridgehead atoms. The summed E-state index contributed by atoms with van der Waals surface area (Å²) in [6, 6.07) is 0. The van der Waals surface area contributed by atoms with Crippen LogP contribution in [0.25, 0.3) is 0 Å². The van der Waals surface area contributed by atoms with E-state index in [1.165, 1.54) is 10.7 Å². The number of hydrogen-bond acceptors (Lipinski definition) is 3. The molecule has 0 saturated carbocycles. The first-order valence-electron chi connectivity index (χ1n) is 5.80. The Labute approximate surface area is 131 Å². The fourth-order valence-corrected chi connectivity index (χ4v) is 2.36. The van der Waals surface area contributed by atoms with E-state index in [1.807, 2.05) is 7.05 Å². The van der Waals surface area contributed by atoms with E-state index < -0.39 is 0 Å². The van der Waals surface area contributed by atoms with Crippen LogP contribution < -0.4 is 10.6 Å². The van der Waals surface area contributed by atoms with Crippen molar-refractivity contribution >= 4 is 41.3 Å². The molecule has 0 spiro atoms. The van der Waals surface area contributed by atoms with Crippen molar-refractivity contribution in [1.29, 1.82) is 0 Å². The highest BCUT2D eigenvalue weighted by molar-refractivity contribution is 14.0. The van der Waals surface area contributed by atoms with Crippen molar-refractivity contribution in [3.8, 4) is 0 Å². The molecule has 1 rings (SSSR count). The van der Waals surface area contributed by atoms with Crippen LogP contribution in [-0.4, -0.2) is 31.6 Å². The highest BCUT2D eigenvalue weighted by Crippen LogP contribution is 2.23. The van der Waals surface area contributed by atoms with E-state index in [1.54, 1.807) is 18.4 Å². The number of hydrogen-bond donors (Lipinski definition) is 2. The van der Waals surface area contributed by atoms with Crippen LogP contribution in [0, 0.1) is 0 Å². The van der Waals surface area contributed by atoms with Gasteiger partial charge < -0.3 is 10.6 Å². The summed E-state index contributed by atoms with van der Waals surface area (Å²) in [6.07, 6.45) is 0.932. The van der Waals surface area contributed by atoms with Crippen LogP contribution in [0.5, 0.6) is 0 Å². The Hall–Kier alpha value is -0.370. The van der Waals surface area contributed by atoms with E-state index in [-0.39, 0.29) is 29.4 Å². The summed E-state index contributed by atoms with van der Waals surface area (Å²) in [5, 5.41) is 9.54. The van der Waals surface area contributed by atoms with Crippen LogP contribution in [-0.2, 0) is 11.8 Å². The van der Waals surface area contributed by atoms with E-state index in [0.29, 0.717) is 0 Å². The maximum Gasteiger partial charge on any atom is 0.190 e. The molecular weight excluding hydrogens is 359 g/mol. The number of thiazole rings is 1. The van der Waals surface area contributed by atoms with Crippen molar-refractivity contribution in [2.45, 2.75) is 32.6 Å². The molecule has 0 aliphatic rings. The van der Waals surface area contributed by atoms with Crippen molar-refractivity contribution in [3.63, 3.8) is 0 Å². The van der Waals surface area contributed by atoms with Gasteiger partial charge in [0.15, 0.2) is 5.96 Å². The van der Waals surface area contributed by atoms with Crippen molar-refractivity contribution in [2.75, 3.05) is 20.6 Å². The van der Waals surface area contributed by atoms with E-state index in [9.17, 15) is 0 Å². The Kier molecular flexibility index (Phi) is 7.77. The minimum absolute atomic E-state index is 0. The van der Waals surface area contributed by atoms with Gasteiger partial charge in [0.25, 0.3) is 0 Å². The molecule has 104 valence electrons. The van der Waals surface area contributed by atoms with Gasteiger partial charge in [-0.05, 0) is 0 Å². The van der Waals surface area contributed by atoms with E-state index in [0.717, 1.165) is 18.9 Å². The molecule has 6 heteroatoms. The molecule has 0 aromatic carbocycles. The first kappa shape index (κ1) is 17.6. The van der Waals surface area contributed by atoms with Gasteiger partial charge in [0, 0.05) is 37.9 Å². The first-order valence-corrected chi connectivity index (χ1v) is 6.68. The van der Waals surface area contributed by atoms with Crippen molar-refractivity contribution < 1.29 is 0 Å². The predicted octanol–water partition coefficient (Wildman–Crippen LogP) is 2.40. The Bertz CT molecular complexity index is 382. The van der Waals surface area contributed by atoms with E-state index in [4.69, 9.17) is 0 Å². The van der Waals surface area contributed by atoms with E-state index >= 15 is 0 Å². The summed E-state index contributed by atoms with van der Waals surface area (Å²) >= 11 is 1.73. The third-order valence-electron chi connectivity index (χ3n) is 2.41. The van der Waals surface area contributed by atoms with Gasteiger partial charge in [-0.25, -0.2) is 4.98 Å². The summed E-state index contributed by atoms with van der Waals surface area (Å²) in [4.78, 5) is 8.71. The second-order valence-electron chi connectivity index (χ2n) is 4.88. The summed E-state index contributed by atoms with van der Waals surface area (Å²) in [7, 11) is 3.62. The number of nitrogens with zero attached hydrogens (tertiary/aromatic N) is 2. The lowest BCUT2D eigenvalue weighted by Gasteiger charge is -2.14. The number of aromatic nitrogens is 1. The summed E-state index contributed by atoms with van der Waals surface area (Å²) in [6.45, 7) is 7.41. The molecule has 0 amide bonds. The highest BCUT2D eigenvalue weighted by Gasteiger charge is 2.17. The zero-order valence-electron chi connectivity index (χ0n) is 11.7. The first-order chi connectivity index (χ1) is 7.97. The van der Waals surface area contributed by atoms with Crippen LogP contribution in [0.2, 0.25) is 0 Å². The van der Waals surface area contributed by atoms with Gasteiger partial charge in [-0.15, -0.1) is 35.3 Å². The van der Waals surface area contributed by atoms with Crippen LogP contribution in [0.15, 0.2) is 10.4 Å². The molecule has 1 aromatic heterocycles. The Morgan fingerprint density at radius 1 is 1.44 bits per heavy atom. The lowest BCUT2D eigenvalue weighted by atomic mass is 9.93. The molecule has 0 fully saturated rings. The summed E-state index contributed by atoms with van der Waals surface area (Å²) in [5.74, 6) is 0.817. The van der Waals surface area contributed by atoms with Gasteiger partial charge in [-0.2, -0.15) is 0 Å². The zero-order valence-corrected chi connectivity index (χ0v) is 14.8. The third-order valence-corrected chi connectivity index (χ3v) is 3.32. The monoisotopic (exact) mass is 382 g/mol. The van der Waals surface area contributed by atoms with Crippen LogP contribution in [0.3, 0.4) is 0 Å². The Morgan fingerprint density at radius 3 is 2.56 bits per heavy atom. The minimum atomic E-state index is 0. The van der Waals surface area contributed by atoms with E-state index in [2.05, 4.69) is 46.8 Å². The second-order valence-corrected chi connectivity index (χ2v) is 5.82. The van der Waals surface area contributed by atoms with Crippen molar-refractivity contribution in [1.82, 2.24) is 15.6 Å². The maximum atomic E-state index is 4.65. The maximum absolute atomic E-state index is 4.65. The smallest absolute Gasteiger partial charge is 0.190 e. The van der Waals surface area contributed by atoms with Crippen LogP contribution in [0.1, 0.15) is 31.5 Å². The number of nitrogens with one attached hydrogen (secondary N) is 2. The standard InChI is InChI=1S/C12H22N4S.HI/c1-12(2,3)9-8-17-10(16-9)6-7-15-11(13-4)14-5;/h8H,6-7H2,1-5H3,(H2,13,14,15);1H. The number of guanidine groups is 1. The number of aliphatic imine (C=N–C) groups is 1. The fourth-order valence-electron chi connectivity index (χ4n) is 1.34. The van der Waals surface area contributed by atoms with Gasteiger partial charge in [-0.3, -0.25) is 4.99 Å². The van der Waals surface area contributed by atoms with Crippen LogP contribution in [0.4, 0.5) is 0 Å². The van der Waals surface area contributed by atoms with Crippen molar-refractivity contribution in [3.05, 3.63) is 16.1 Å². The molecule has 0 aliphatic heterocycles. The lowest BCUT2D eigenvalue weighted by Crippen LogP contribution is -2.35. The summed E-state index contributed by atoms with van der Waals surface area (Å²) in [5.41, 5.74) is 1.32. The molecular formula is C12H23IN4S. The van der Waals surface area contributed by atoms with Gasteiger partial charge >= 0.3 is 0 Å². The topological polar surface area (TPSA) is 49.3 Å². The molecule has 0 saturated heterocycles. The quantitative estimate of drug-likeness (QED) is 0.480. The second kappa shape index (κ2) is 7.93. The SMILES string of the molecule is CN=C(NC)NCCc1nc(C(C)(C)C)cs1.I. The molecule has 0 atom stereocenters. The van der Waals surface area contributed by atoms with Gasteiger partial charge in [0.2, 0.25) is 0 Å². The molecule has 18 heavy (non-hydrogen) atoms. The lowest BCUT2D eigenvalue weighted by molar-refractivity contribution is 0.570. The van der Waals surface area contributed by atoms with Gasteiger partial charge in [0.1, 0.15) is 0 Å². The largest absolute Gasteiger partial charge is 0.359 e. The Balaban J connectivity index is 0.00000289. The van der Waals surface area contributed by atoms with Gasteiger partial charge in [0.05, 0.1) is 10.7 Å². The normalized spacial score (nSPS) is 11.9. The Morgan fingerprint density at radius 2 is 2.11 bits per heavy atom. The molecule has 2 N–H and O–H groups in total. The molecule has 1 aromatic rings. The minimum Gasteiger partial charge on any atom is -0.359 e. The average molecular weight is 382 g/mol. The van der Waals surface area contributed by atoms with Crippen molar-refractivity contribution in [2.24, 2.45) is 4.99 Å².